The zero-order valence-electron chi connectivity index (χ0n) is 11.3. The van der Waals surface area contributed by atoms with Crippen LogP contribution in [0.4, 0.5) is 0 Å². The van der Waals surface area contributed by atoms with Gasteiger partial charge in [0.05, 0.1) is 5.69 Å². The van der Waals surface area contributed by atoms with Crippen molar-refractivity contribution in [2.75, 3.05) is 6.54 Å². The molecule has 2 rings (SSSR count). The zero-order valence-corrected chi connectivity index (χ0v) is 11.3. The molecule has 18 heavy (non-hydrogen) atoms. The summed E-state index contributed by atoms with van der Waals surface area (Å²) in [5, 5.41) is 12.1. The van der Waals surface area contributed by atoms with E-state index in [0.29, 0.717) is 0 Å². The van der Waals surface area contributed by atoms with Crippen LogP contribution in [0.25, 0.3) is 0 Å². The Balaban J connectivity index is 1.80. The third-order valence-electron chi connectivity index (χ3n) is 3.12. The highest BCUT2D eigenvalue weighted by atomic mass is 15.3. The molecule has 98 valence electrons. The Bertz CT molecular complexity index is 497. The normalized spacial score (nSPS) is 11.1. The standard InChI is InChI=1S/C13H21N5/c1-4-13-11(10-17(2)16-13)9-14-7-5-12-6-8-15-18(12)3/h6,8,10,14H,4-5,7,9H2,1-3H3. The van der Waals surface area contributed by atoms with Crippen molar-refractivity contribution in [3.8, 4) is 0 Å². The minimum Gasteiger partial charge on any atom is -0.312 e. The largest absolute Gasteiger partial charge is 0.312 e. The fourth-order valence-electron chi connectivity index (χ4n) is 2.12. The second-order valence-corrected chi connectivity index (χ2v) is 4.50. The second-order valence-electron chi connectivity index (χ2n) is 4.50. The van der Waals surface area contributed by atoms with Crippen LogP contribution >= 0.6 is 0 Å². The molecule has 2 heterocycles. The van der Waals surface area contributed by atoms with Gasteiger partial charge in [0.15, 0.2) is 0 Å². The first-order valence-electron chi connectivity index (χ1n) is 6.39. The maximum absolute atomic E-state index is 4.43. The van der Waals surface area contributed by atoms with E-state index in [1.807, 2.05) is 29.7 Å². The summed E-state index contributed by atoms with van der Waals surface area (Å²) in [4.78, 5) is 0. The third-order valence-corrected chi connectivity index (χ3v) is 3.12. The summed E-state index contributed by atoms with van der Waals surface area (Å²) >= 11 is 0. The summed E-state index contributed by atoms with van der Waals surface area (Å²) in [6, 6.07) is 2.06. The van der Waals surface area contributed by atoms with Crippen LogP contribution in [0.3, 0.4) is 0 Å². The van der Waals surface area contributed by atoms with Crippen molar-refractivity contribution >= 4 is 0 Å². The molecule has 0 bridgehead atoms. The van der Waals surface area contributed by atoms with Crippen molar-refractivity contribution in [2.45, 2.75) is 26.3 Å². The lowest BCUT2D eigenvalue weighted by Crippen LogP contribution is -2.18. The molecule has 5 heteroatoms. The first-order valence-corrected chi connectivity index (χ1v) is 6.39. The first-order chi connectivity index (χ1) is 8.70. The highest BCUT2D eigenvalue weighted by Gasteiger charge is 2.05. The van der Waals surface area contributed by atoms with Crippen LogP contribution in [0.1, 0.15) is 23.9 Å². The molecule has 0 aliphatic carbocycles. The summed E-state index contributed by atoms with van der Waals surface area (Å²) in [5.74, 6) is 0. The SMILES string of the molecule is CCc1nn(C)cc1CNCCc1ccnn1C. The first kappa shape index (κ1) is 12.8. The molecule has 0 unspecified atom stereocenters. The smallest absolute Gasteiger partial charge is 0.0666 e. The molecule has 1 N–H and O–H groups in total. The van der Waals surface area contributed by atoms with Gasteiger partial charge < -0.3 is 5.32 Å². The molecule has 0 spiro atoms. The van der Waals surface area contributed by atoms with Gasteiger partial charge in [-0.2, -0.15) is 10.2 Å². The van der Waals surface area contributed by atoms with Crippen LogP contribution in [0.2, 0.25) is 0 Å². The van der Waals surface area contributed by atoms with E-state index in [-0.39, 0.29) is 0 Å². The third kappa shape index (κ3) is 2.98. The van der Waals surface area contributed by atoms with Gasteiger partial charge >= 0.3 is 0 Å². The molecule has 2 aromatic rings. The monoisotopic (exact) mass is 247 g/mol. The maximum atomic E-state index is 4.43. The van der Waals surface area contributed by atoms with Crippen LogP contribution in [0, 0.1) is 0 Å². The lowest BCUT2D eigenvalue weighted by molar-refractivity contribution is 0.641. The molecular weight excluding hydrogens is 226 g/mol. The number of nitrogens with one attached hydrogen (secondary N) is 1. The molecule has 0 amide bonds. The molecule has 0 saturated heterocycles. The van der Waals surface area contributed by atoms with Crippen molar-refractivity contribution in [3.05, 3.63) is 35.4 Å². The van der Waals surface area contributed by atoms with Gasteiger partial charge in [-0.05, 0) is 12.5 Å². The number of hydrogen-bond acceptors (Lipinski definition) is 3. The van der Waals surface area contributed by atoms with E-state index >= 15 is 0 Å². The lowest BCUT2D eigenvalue weighted by Gasteiger charge is -2.05. The minimum absolute atomic E-state index is 0.884. The number of hydrogen-bond donors (Lipinski definition) is 1. The van der Waals surface area contributed by atoms with E-state index < -0.39 is 0 Å². The molecule has 0 fully saturated rings. The Hall–Kier alpha value is -1.62. The topological polar surface area (TPSA) is 47.7 Å². The van der Waals surface area contributed by atoms with Crippen LogP contribution in [-0.4, -0.2) is 26.1 Å². The van der Waals surface area contributed by atoms with Crippen LogP contribution in [0.15, 0.2) is 18.5 Å². The van der Waals surface area contributed by atoms with Gasteiger partial charge in [-0.3, -0.25) is 9.36 Å². The van der Waals surface area contributed by atoms with Gasteiger partial charge in [0.25, 0.3) is 0 Å². The predicted octanol–water partition coefficient (Wildman–Crippen LogP) is 1.05. The molecule has 0 aliphatic heterocycles. The highest BCUT2D eigenvalue weighted by molar-refractivity contribution is 5.16. The predicted molar refractivity (Wildman–Crippen MR) is 71.2 cm³/mol. The fraction of sp³-hybridized carbons (Fsp3) is 0.538. The summed E-state index contributed by atoms with van der Waals surface area (Å²) in [6.45, 7) is 3.98. The Kier molecular flexibility index (Phi) is 4.15. The van der Waals surface area contributed by atoms with Gasteiger partial charge in [-0.15, -0.1) is 0 Å². The zero-order chi connectivity index (χ0) is 13.0. The van der Waals surface area contributed by atoms with E-state index in [0.717, 1.165) is 25.9 Å². The van der Waals surface area contributed by atoms with Crippen molar-refractivity contribution < 1.29 is 0 Å². The molecule has 0 atom stereocenters. The van der Waals surface area contributed by atoms with Gasteiger partial charge in [0, 0.05) is 57.3 Å². The molecule has 0 aliphatic rings. The second kappa shape index (κ2) is 5.82. The van der Waals surface area contributed by atoms with Crippen LogP contribution in [0.5, 0.6) is 0 Å². The quantitative estimate of drug-likeness (QED) is 0.776. The van der Waals surface area contributed by atoms with E-state index in [1.54, 1.807) is 0 Å². The molecule has 0 aromatic carbocycles. The van der Waals surface area contributed by atoms with Gasteiger partial charge in [-0.1, -0.05) is 6.92 Å². The van der Waals surface area contributed by atoms with Crippen molar-refractivity contribution in [1.29, 1.82) is 0 Å². The van der Waals surface area contributed by atoms with E-state index in [9.17, 15) is 0 Å². The highest BCUT2D eigenvalue weighted by Crippen LogP contribution is 2.06. The van der Waals surface area contributed by atoms with Crippen molar-refractivity contribution in [2.24, 2.45) is 14.1 Å². The molecule has 0 saturated carbocycles. The summed E-state index contributed by atoms with van der Waals surface area (Å²) in [5.41, 5.74) is 3.74. The molecule has 2 aromatic heterocycles. The van der Waals surface area contributed by atoms with Crippen LogP contribution in [-0.2, 0) is 33.5 Å². The van der Waals surface area contributed by atoms with E-state index in [4.69, 9.17) is 0 Å². The van der Waals surface area contributed by atoms with Crippen molar-refractivity contribution in [1.82, 2.24) is 24.9 Å². The summed E-state index contributed by atoms with van der Waals surface area (Å²) in [6.07, 6.45) is 5.92. The lowest BCUT2D eigenvalue weighted by atomic mass is 10.2. The summed E-state index contributed by atoms with van der Waals surface area (Å²) in [7, 11) is 3.95. The van der Waals surface area contributed by atoms with Gasteiger partial charge in [0.2, 0.25) is 0 Å². The number of nitrogens with zero attached hydrogens (tertiary/aromatic N) is 4. The van der Waals surface area contributed by atoms with Crippen LogP contribution < -0.4 is 5.32 Å². The average molecular weight is 247 g/mol. The molecular formula is C13H21N5. The summed E-state index contributed by atoms with van der Waals surface area (Å²) < 4.78 is 3.81. The number of rotatable bonds is 6. The number of aryl methyl sites for hydroxylation is 3. The Morgan fingerprint density at radius 1 is 1.33 bits per heavy atom. The number of aromatic nitrogens is 4. The van der Waals surface area contributed by atoms with Gasteiger partial charge in [-0.25, -0.2) is 0 Å². The molecule has 0 radical (unpaired) electrons. The van der Waals surface area contributed by atoms with E-state index in [1.165, 1.54) is 17.0 Å². The van der Waals surface area contributed by atoms with Crippen molar-refractivity contribution in [3.63, 3.8) is 0 Å². The van der Waals surface area contributed by atoms with Gasteiger partial charge in [0.1, 0.15) is 0 Å². The molecule has 5 nitrogen and oxygen atoms in total. The van der Waals surface area contributed by atoms with E-state index in [2.05, 4.69) is 34.7 Å². The maximum Gasteiger partial charge on any atom is 0.0666 e. The Morgan fingerprint density at radius 3 is 2.83 bits per heavy atom. The Labute approximate surface area is 108 Å². The Morgan fingerprint density at radius 2 is 2.17 bits per heavy atom. The minimum atomic E-state index is 0.884. The average Bonchev–Trinajstić information content (AvgIpc) is 2.91. The fourth-order valence-corrected chi connectivity index (χ4v) is 2.12.